The number of nitrogens with one attached hydrogen (secondary N) is 1. The fraction of sp³-hybridized carbons (Fsp3) is 0.611. The molecule has 0 fully saturated rings. The zero-order valence-corrected chi connectivity index (χ0v) is 17.4. The summed E-state index contributed by atoms with van der Waals surface area (Å²) in [7, 11) is -3.79. The van der Waals surface area contributed by atoms with Crippen molar-refractivity contribution in [3.8, 4) is 5.75 Å². The molecule has 0 saturated heterocycles. The van der Waals surface area contributed by atoms with Gasteiger partial charge in [0.1, 0.15) is 18.0 Å². The average Bonchev–Trinajstić information content (AvgIpc) is 2.54. The number of halogens is 1. The van der Waals surface area contributed by atoms with Gasteiger partial charge in [-0.3, -0.25) is 9.05 Å². The van der Waals surface area contributed by atoms with E-state index in [1.54, 1.807) is 46.8 Å². The molecule has 0 aliphatic heterocycles. The Labute approximate surface area is 160 Å². The number of ether oxygens (including phenoxy) is 1. The van der Waals surface area contributed by atoms with Gasteiger partial charge in [-0.1, -0.05) is 6.07 Å². The first kappa shape index (κ1) is 23.4. The molecule has 0 aliphatic carbocycles. The number of carbonyl (C=O) groups excluding carboxylic acids is 1. The first-order valence-corrected chi connectivity index (χ1v) is 10.3. The van der Waals surface area contributed by atoms with Crippen molar-refractivity contribution in [3.05, 3.63) is 29.3 Å². The number of alkyl carbamates (subject to hydrolysis) is 1. The Balaban J connectivity index is 2.74. The highest BCUT2D eigenvalue weighted by Crippen LogP contribution is 2.50. The van der Waals surface area contributed by atoms with Gasteiger partial charge < -0.3 is 14.6 Å². The van der Waals surface area contributed by atoms with E-state index >= 15 is 0 Å². The summed E-state index contributed by atoms with van der Waals surface area (Å²) >= 11 is 0. The Morgan fingerprint density at radius 1 is 1.19 bits per heavy atom. The Bertz CT molecular complexity index is 652. The van der Waals surface area contributed by atoms with Crippen LogP contribution in [0.25, 0.3) is 0 Å². The van der Waals surface area contributed by atoms with Gasteiger partial charge in [-0.25, -0.2) is 13.8 Å². The molecule has 1 amide bonds. The van der Waals surface area contributed by atoms with E-state index in [1.807, 2.05) is 0 Å². The van der Waals surface area contributed by atoms with E-state index in [-0.39, 0.29) is 24.5 Å². The molecule has 0 bridgehead atoms. The summed E-state index contributed by atoms with van der Waals surface area (Å²) in [6.45, 7) is 8.45. The van der Waals surface area contributed by atoms with Crippen LogP contribution in [0, 0.1) is 0 Å². The van der Waals surface area contributed by atoms with E-state index < -0.39 is 26.2 Å². The smallest absolute Gasteiger partial charge is 0.444 e. The number of hydrogen-bond donors (Lipinski definition) is 1. The molecule has 1 aromatic carbocycles. The molecule has 0 atom stereocenters. The van der Waals surface area contributed by atoms with Gasteiger partial charge in [-0.2, -0.15) is 0 Å². The second-order valence-electron chi connectivity index (χ2n) is 6.63. The van der Waals surface area contributed by atoms with Crippen LogP contribution in [0.15, 0.2) is 18.2 Å². The molecule has 0 spiro atoms. The highest BCUT2D eigenvalue weighted by molar-refractivity contribution is 7.48. The highest BCUT2D eigenvalue weighted by atomic mass is 31.2. The number of phosphoric acid groups is 1. The minimum atomic E-state index is -3.79. The fourth-order valence-corrected chi connectivity index (χ4v) is 3.36. The van der Waals surface area contributed by atoms with Crippen LogP contribution >= 0.6 is 7.82 Å². The van der Waals surface area contributed by atoms with Crippen molar-refractivity contribution in [2.75, 3.05) is 19.8 Å². The van der Waals surface area contributed by atoms with E-state index in [0.29, 0.717) is 13.0 Å². The summed E-state index contributed by atoms with van der Waals surface area (Å²) in [4.78, 5) is 11.6. The van der Waals surface area contributed by atoms with Crippen molar-refractivity contribution in [1.29, 1.82) is 0 Å². The van der Waals surface area contributed by atoms with Crippen molar-refractivity contribution in [1.82, 2.24) is 5.32 Å². The van der Waals surface area contributed by atoms with Crippen molar-refractivity contribution in [3.63, 3.8) is 0 Å². The monoisotopic (exact) mass is 405 g/mol. The summed E-state index contributed by atoms with van der Waals surface area (Å²) < 4.78 is 46.5. The lowest BCUT2D eigenvalue weighted by molar-refractivity contribution is 0.0528. The van der Waals surface area contributed by atoms with Crippen LogP contribution in [0.1, 0.15) is 45.7 Å². The van der Waals surface area contributed by atoms with Crippen LogP contribution in [-0.4, -0.2) is 31.5 Å². The zero-order valence-electron chi connectivity index (χ0n) is 16.5. The normalized spacial score (nSPS) is 11.9. The minimum Gasteiger partial charge on any atom is -0.444 e. The average molecular weight is 405 g/mol. The Kier molecular flexibility index (Phi) is 9.22. The third kappa shape index (κ3) is 8.73. The van der Waals surface area contributed by atoms with Crippen LogP contribution < -0.4 is 9.84 Å². The zero-order chi connectivity index (χ0) is 20.5. The van der Waals surface area contributed by atoms with Gasteiger partial charge in [-0.05, 0) is 58.7 Å². The second-order valence-corrected chi connectivity index (χ2v) is 8.22. The largest absolute Gasteiger partial charge is 0.530 e. The number of alkyl halides is 1. The van der Waals surface area contributed by atoms with E-state index in [1.165, 1.54) is 6.07 Å². The number of carbonyl (C=O) groups is 1. The number of benzene rings is 1. The van der Waals surface area contributed by atoms with Gasteiger partial charge in [-0.15, -0.1) is 0 Å². The summed E-state index contributed by atoms with van der Waals surface area (Å²) in [6.07, 6.45) is -0.0382. The molecule has 0 saturated carbocycles. The molecular formula is C18H29FNO6P. The second kappa shape index (κ2) is 10.6. The molecule has 1 rings (SSSR count). The number of rotatable bonds is 10. The van der Waals surface area contributed by atoms with Gasteiger partial charge >= 0.3 is 13.9 Å². The Morgan fingerprint density at radius 2 is 1.81 bits per heavy atom. The van der Waals surface area contributed by atoms with E-state index in [2.05, 4.69) is 5.32 Å². The third-order valence-corrected chi connectivity index (χ3v) is 4.70. The summed E-state index contributed by atoms with van der Waals surface area (Å²) in [6, 6.07) is 4.81. The van der Waals surface area contributed by atoms with E-state index in [0.717, 1.165) is 5.56 Å². The number of phosphoric ester groups is 1. The van der Waals surface area contributed by atoms with Gasteiger partial charge in [0.05, 0.1) is 13.2 Å². The van der Waals surface area contributed by atoms with Crippen LogP contribution in [0.5, 0.6) is 5.75 Å². The maximum absolute atomic E-state index is 13.4. The Hall–Kier alpha value is -1.63. The summed E-state index contributed by atoms with van der Waals surface area (Å²) in [5, 5.41) is 2.64. The van der Waals surface area contributed by atoms with Crippen LogP contribution in [-0.2, 0) is 31.4 Å². The lowest BCUT2D eigenvalue weighted by Gasteiger charge is -2.20. The van der Waals surface area contributed by atoms with E-state index in [9.17, 15) is 13.8 Å². The van der Waals surface area contributed by atoms with Gasteiger partial charge in [0, 0.05) is 12.1 Å². The molecule has 27 heavy (non-hydrogen) atoms. The topological polar surface area (TPSA) is 83.1 Å². The maximum atomic E-state index is 13.4. The predicted molar refractivity (Wildman–Crippen MR) is 101 cm³/mol. The standard InChI is InChI=1S/C18H29FNO6P/c1-6-23-27(22,24-7-2)26-16-9-8-14(12-15(16)13-19)10-11-20-17(21)25-18(3,4)5/h8-9,12H,6-7,10-11,13H2,1-5H3,(H,20,21). The molecule has 9 heteroatoms. The third-order valence-electron chi connectivity index (χ3n) is 3.14. The molecule has 154 valence electrons. The quantitative estimate of drug-likeness (QED) is 0.564. The van der Waals surface area contributed by atoms with Crippen molar-refractivity contribution in [2.45, 2.75) is 53.3 Å². The maximum Gasteiger partial charge on any atom is 0.530 e. The van der Waals surface area contributed by atoms with Crippen molar-refractivity contribution < 1.29 is 32.1 Å². The minimum absolute atomic E-state index is 0.103. The first-order chi connectivity index (χ1) is 12.6. The Morgan fingerprint density at radius 3 is 2.33 bits per heavy atom. The molecule has 0 heterocycles. The molecule has 0 aliphatic rings. The summed E-state index contributed by atoms with van der Waals surface area (Å²) in [5.41, 5.74) is 0.442. The lowest BCUT2D eigenvalue weighted by Crippen LogP contribution is -2.33. The SMILES string of the molecule is CCOP(=O)(OCC)Oc1ccc(CCNC(=O)OC(C)(C)C)cc1CF. The van der Waals surface area contributed by atoms with Gasteiger partial charge in [0.25, 0.3) is 0 Å². The van der Waals surface area contributed by atoms with E-state index in [4.69, 9.17) is 18.3 Å². The van der Waals surface area contributed by atoms with Crippen LogP contribution in [0.4, 0.5) is 9.18 Å². The highest BCUT2D eigenvalue weighted by Gasteiger charge is 2.28. The number of hydrogen-bond acceptors (Lipinski definition) is 6. The van der Waals surface area contributed by atoms with Crippen LogP contribution in [0.3, 0.4) is 0 Å². The predicted octanol–water partition coefficient (Wildman–Crippen LogP) is 4.78. The fourth-order valence-electron chi connectivity index (χ4n) is 2.13. The molecule has 1 aromatic rings. The lowest BCUT2D eigenvalue weighted by atomic mass is 10.1. The van der Waals surface area contributed by atoms with Gasteiger partial charge in [0.2, 0.25) is 0 Å². The van der Waals surface area contributed by atoms with Gasteiger partial charge in [0.15, 0.2) is 0 Å². The molecule has 0 aromatic heterocycles. The van der Waals surface area contributed by atoms with Crippen molar-refractivity contribution >= 4 is 13.9 Å². The molecule has 0 unspecified atom stereocenters. The first-order valence-electron chi connectivity index (χ1n) is 8.85. The summed E-state index contributed by atoms with van der Waals surface area (Å²) in [5.74, 6) is 0.103. The van der Waals surface area contributed by atoms with Crippen molar-refractivity contribution in [2.24, 2.45) is 0 Å². The molecule has 0 radical (unpaired) electrons. The number of amides is 1. The molecule has 7 nitrogen and oxygen atoms in total. The van der Waals surface area contributed by atoms with Crippen LogP contribution in [0.2, 0.25) is 0 Å². The molecular weight excluding hydrogens is 376 g/mol. The molecule has 1 N–H and O–H groups in total.